The fraction of sp³-hybridized carbons (Fsp3) is 1.00. The van der Waals surface area contributed by atoms with Crippen LogP contribution >= 0.6 is 0 Å². The molecule has 2 fully saturated rings. The number of nitrogens with zero attached hydrogens (tertiary/aromatic N) is 1. The summed E-state index contributed by atoms with van der Waals surface area (Å²) in [4.78, 5) is 2.65. The summed E-state index contributed by atoms with van der Waals surface area (Å²) in [6.07, 6.45) is 8.53. The van der Waals surface area contributed by atoms with Crippen molar-refractivity contribution in [1.82, 2.24) is 10.2 Å². The van der Waals surface area contributed by atoms with Crippen LogP contribution in [0.4, 0.5) is 0 Å². The Bertz CT molecular complexity index is 166. The molecule has 82 valence electrons. The summed E-state index contributed by atoms with van der Waals surface area (Å²) in [7, 11) is 0. The van der Waals surface area contributed by atoms with Gasteiger partial charge in [0.15, 0.2) is 0 Å². The van der Waals surface area contributed by atoms with Crippen molar-refractivity contribution < 1.29 is 0 Å². The summed E-state index contributed by atoms with van der Waals surface area (Å²) >= 11 is 0. The predicted octanol–water partition coefficient (Wildman–Crippen LogP) is 2.00. The SMILES string of the molecule is CCN1CCCCC1CNC1CCC1. The van der Waals surface area contributed by atoms with E-state index in [2.05, 4.69) is 17.1 Å². The molecule has 0 radical (unpaired) electrons. The summed E-state index contributed by atoms with van der Waals surface area (Å²) in [6.45, 7) is 6.09. The average molecular weight is 196 g/mol. The summed E-state index contributed by atoms with van der Waals surface area (Å²) in [5.74, 6) is 0. The molecule has 1 saturated heterocycles. The number of nitrogens with one attached hydrogen (secondary N) is 1. The average Bonchev–Trinajstić information content (AvgIpc) is 2.16. The minimum absolute atomic E-state index is 0.828. The van der Waals surface area contributed by atoms with E-state index < -0.39 is 0 Å². The molecule has 2 aliphatic rings. The Morgan fingerprint density at radius 1 is 1.14 bits per heavy atom. The molecule has 2 heteroatoms. The van der Waals surface area contributed by atoms with Crippen LogP contribution in [0, 0.1) is 0 Å². The van der Waals surface area contributed by atoms with Gasteiger partial charge in [0.05, 0.1) is 0 Å². The van der Waals surface area contributed by atoms with E-state index in [4.69, 9.17) is 0 Å². The maximum atomic E-state index is 3.71. The third kappa shape index (κ3) is 2.48. The first-order chi connectivity index (χ1) is 6.90. The largest absolute Gasteiger partial charge is 0.312 e. The molecule has 1 heterocycles. The summed E-state index contributed by atoms with van der Waals surface area (Å²) in [5, 5.41) is 3.71. The van der Waals surface area contributed by atoms with E-state index in [9.17, 15) is 0 Å². The highest BCUT2D eigenvalue weighted by Gasteiger charge is 2.23. The Labute approximate surface area is 88.1 Å². The first-order valence-corrected chi connectivity index (χ1v) is 6.37. The topological polar surface area (TPSA) is 15.3 Å². The van der Waals surface area contributed by atoms with E-state index in [1.54, 1.807) is 0 Å². The summed E-state index contributed by atoms with van der Waals surface area (Å²) < 4.78 is 0. The highest BCUT2D eigenvalue weighted by Crippen LogP contribution is 2.20. The second-order valence-electron chi connectivity index (χ2n) is 4.81. The van der Waals surface area contributed by atoms with E-state index >= 15 is 0 Å². The molecule has 1 unspecified atom stereocenters. The smallest absolute Gasteiger partial charge is 0.0220 e. The molecule has 0 aromatic rings. The first-order valence-electron chi connectivity index (χ1n) is 6.37. The van der Waals surface area contributed by atoms with Crippen molar-refractivity contribution in [2.45, 2.75) is 57.5 Å². The molecule has 14 heavy (non-hydrogen) atoms. The molecule has 2 rings (SSSR count). The fourth-order valence-corrected chi connectivity index (χ4v) is 2.62. The molecular weight excluding hydrogens is 172 g/mol. The zero-order valence-corrected chi connectivity index (χ0v) is 9.47. The second kappa shape index (κ2) is 5.13. The van der Waals surface area contributed by atoms with Gasteiger partial charge in [-0.1, -0.05) is 19.8 Å². The van der Waals surface area contributed by atoms with E-state index in [0.717, 1.165) is 12.1 Å². The monoisotopic (exact) mass is 196 g/mol. The zero-order valence-electron chi connectivity index (χ0n) is 9.47. The number of likely N-dealkylation sites (tertiary alicyclic amines) is 1. The molecule has 1 aliphatic heterocycles. The molecule has 0 aromatic carbocycles. The van der Waals surface area contributed by atoms with Crippen molar-refractivity contribution in [3.05, 3.63) is 0 Å². The van der Waals surface area contributed by atoms with Crippen LogP contribution in [0.5, 0.6) is 0 Å². The third-order valence-corrected chi connectivity index (χ3v) is 3.90. The summed E-state index contributed by atoms with van der Waals surface area (Å²) in [6, 6.07) is 1.69. The normalized spacial score (nSPS) is 30.2. The van der Waals surface area contributed by atoms with Crippen molar-refractivity contribution >= 4 is 0 Å². The van der Waals surface area contributed by atoms with Crippen molar-refractivity contribution in [2.75, 3.05) is 19.6 Å². The Morgan fingerprint density at radius 2 is 2.00 bits per heavy atom. The van der Waals surface area contributed by atoms with Gasteiger partial charge in [-0.2, -0.15) is 0 Å². The van der Waals surface area contributed by atoms with Crippen molar-refractivity contribution in [3.8, 4) is 0 Å². The van der Waals surface area contributed by atoms with E-state index in [-0.39, 0.29) is 0 Å². The van der Waals surface area contributed by atoms with Crippen molar-refractivity contribution in [2.24, 2.45) is 0 Å². The lowest BCUT2D eigenvalue weighted by Crippen LogP contribution is -2.48. The van der Waals surface area contributed by atoms with Crippen LogP contribution < -0.4 is 5.32 Å². The van der Waals surface area contributed by atoms with Crippen LogP contribution in [-0.2, 0) is 0 Å². The predicted molar refractivity (Wildman–Crippen MR) is 60.5 cm³/mol. The second-order valence-corrected chi connectivity index (χ2v) is 4.81. The highest BCUT2D eigenvalue weighted by molar-refractivity contribution is 4.82. The highest BCUT2D eigenvalue weighted by atomic mass is 15.2. The lowest BCUT2D eigenvalue weighted by atomic mass is 9.92. The Balaban J connectivity index is 1.70. The molecule has 2 nitrogen and oxygen atoms in total. The molecular formula is C12H24N2. The van der Waals surface area contributed by atoms with Gasteiger partial charge in [0.1, 0.15) is 0 Å². The van der Waals surface area contributed by atoms with E-state index in [1.807, 2.05) is 0 Å². The van der Waals surface area contributed by atoms with E-state index in [0.29, 0.717) is 0 Å². The number of piperidine rings is 1. The zero-order chi connectivity index (χ0) is 9.80. The van der Waals surface area contributed by atoms with Gasteiger partial charge in [0.25, 0.3) is 0 Å². The molecule has 1 saturated carbocycles. The van der Waals surface area contributed by atoms with Gasteiger partial charge in [-0.05, 0) is 38.8 Å². The number of hydrogen-bond acceptors (Lipinski definition) is 2. The minimum Gasteiger partial charge on any atom is -0.312 e. The number of likely N-dealkylation sites (N-methyl/N-ethyl adjacent to an activating group) is 1. The van der Waals surface area contributed by atoms with Crippen LogP contribution in [0.25, 0.3) is 0 Å². The minimum atomic E-state index is 0.828. The quantitative estimate of drug-likeness (QED) is 0.740. The molecule has 0 bridgehead atoms. The van der Waals surface area contributed by atoms with Crippen LogP contribution in [-0.4, -0.2) is 36.6 Å². The standard InChI is InChI=1S/C12H24N2/c1-2-14-9-4-3-8-12(14)10-13-11-6-5-7-11/h11-13H,2-10H2,1H3. The third-order valence-electron chi connectivity index (χ3n) is 3.90. The van der Waals surface area contributed by atoms with Crippen LogP contribution in [0.3, 0.4) is 0 Å². The molecule has 1 aliphatic carbocycles. The first kappa shape index (κ1) is 10.4. The van der Waals surface area contributed by atoms with Crippen molar-refractivity contribution in [3.63, 3.8) is 0 Å². The lowest BCUT2D eigenvalue weighted by Gasteiger charge is -2.37. The van der Waals surface area contributed by atoms with E-state index in [1.165, 1.54) is 58.2 Å². The van der Waals surface area contributed by atoms with Gasteiger partial charge in [-0.3, -0.25) is 4.90 Å². The van der Waals surface area contributed by atoms with Gasteiger partial charge in [0, 0.05) is 18.6 Å². The Kier molecular flexibility index (Phi) is 3.82. The van der Waals surface area contributed by atoms with Gasteiger partial charge >= 0.3 is 0 Å². The Hall–Kier alpha value is -0.0800. The maximum absolute atomic E-state index is 3.71. The molecule has 1 N–H and O–H groups in total. The fourth-order valence-electron chi connectivity index (χ4n) is 2.62. The lowest BCUT2D eigenvalue weighted by molar-refractivity contribution is 0.145. The Morgan fingerprint density at radius 3 is 2.64 bits per heavy atom. The summed E-state index contributed by atoms with van der Waals surface area (Å²) in [5.41, 5.74) is 0. The van der Waals surface area contributed by atoms with Crippen molar-refractivity contribution in [1.29, 1.82) is 0 Å². The molecule has 0 spiro atoms. The molecule has 0 aromatic heterocycles. The van der Waals surface area contributed by atoms with Gasteiger partial charge < -0.3 is 5.32 Å². The van der Waals surface area contributed by atoms with Gasteiger partial charge in [-0.25, -0.2) is 0 Å². The van der Waals surface area contributed by atoms with Gasteiger partial charge in [-0.15, -0.1) is 0 Å². The van der Waals surface area contributed by atoms with Crippen LogP contribution in [0.1, 0.15) is 45.4 Å². The van der Waals surface area contributed by atoms with Crippen LogP contribution in [0.2, 0.25) is 0 Å². The number of rotatable bonds is 4. The molecule has 0 amide bonds. The maximum Gasteiger partial charge on any atom is 0.0220 e. The number of hydrogen-bond donors (Lipinski definition) is 1. The van der Waals surface area contributed by atoms with Crippen LogP contribution in [0.15, 0.2) is 0 Å². The molecule has 1 atom stereocenters. The van der Waals surface area contributed by atoms with Gasteiger partial charge in [0.2, 0.25) is 0 Å².